The summed E-state index contributed by atoms with van der Waals surface area (Å²) in [6.07, 6.45) is 6.06. The number of hydrogen-bond acceptors (Lipinski definition) is 4. The second-order valence-electron chi connectivity index (χ2n) is 9.01. The van der Waals surface area contributed by atoms with Crippen molar-refractivity contribution in [2.24, 2.45) is 10.9 Å². The van der Waals surface area contributed by atoms with Gasteiger partial charge < -0.3 is 25.0 Å². The lowest BCUT2D eigenvalue weighted by molar-refractivity contribution is 0.0170. The number of rotatable bonds is 4. The molecule has 154 valence electrons. The fourth-order valence-corrected chi connectivity index (χ4v) is 4.21. The number of guanidine groups is 1. The summed E-state index contributed by atoms with van der Waals surface area (Å²) in [4.78, 5) is 19.0. The van der Waals surface area contributed by atoms with Gasteiger partial charge in [0.2, 0.25) is 0 Å². The van der Waals surface area contributed by atoms with E-state index in [0.29, 0.717) is 24.2 Å². The van der Waals surface area contributed by atoms with Gasteiger partial charge in [-0.25, -0.2) is 4.79 Å². The molecule has 7 heteroatoms. The first kappa shape index (κ1) is 20.2. The van der Waals surface area contributed by atoms with Gasteiger partial charge in [0, 0.05) is 26.2 Å². The highest BCUT2D eigenvalue weighted by Gasteiger charge is 2.41. The van der Waals surface area contributed by atoms with Crippen molar-refractivity contribution < 1.29 is 14.3 Å². The fourth-order valence-electron chi connectivity index (χ4n) is 4.21. The Hall–Kier alpha value is -1.50. The largest absolute Gasteiger partial charge is 0.444 e. The van der Waals surface area contributed by atoms with E-state index in [1.807, 2.05) is 25.7 Å². The average Bonchev–Trinajstić information content (AvgIpc) is 3.21. The Morgan fingerprint density at radius 2 is 2.11 bits per heavy atom. The summed E-state index contributed by atoms with van der Waals surface area (Å²) in [6, 6.07) is 0.367. The highest BCUT2D eigenvalue weighted by Crippen LogP contribution is 2.34. The fraction of sp³-hybridized carbons (Fsp3) is 0.900. The number of ether oxygens (including phenoxy) is 2. The molecule has 0 spiro atoms. The average molecular weight is 381 g/mol. The number of fused-ring (bicyclic) bond motifs is 2. The number of carbonyl (C=O) groups excluding carboxylic acids is 1. The van der Waals surface area contributed by atoms with Gasteiger partial charge in [0.25, 0.3) is 0 Å². The number of hydrogen-bond donors (Lipinski definition) is 2. The minimum Gasteiger partial charge on any atom is -0.444 e. The Kier molecular flexibility index (Phi) is 6.50. The van der Waals surface area contributed by atoms with Crippen LogP contribution in [0.15, 0.2) is 4.99 Å². The number of amides is 1. The molecule has 4 unspecified atom stereocenters. The maximum Gasteiger partial charge on any atom is 0.410 e. The lowest BCUT2D eigenvalue weighted by atomic mass is 9.96. The standard InChI is InChI=1S/C20H36N4O3/c1-5-21-18(23-16-11-15-8-9-17(16)26-15)22-12-14-7-6-10-24(13-14)19(25)27-20(2,3)4/h14-17H,5-13H2,1-4H3,(H2,21,22,23). The van der Waals surface area contributed by atoms with E-state index in [-0.39, 0.29) is 6.09 Å². The van der Waals surface area contributed by atoms with Crippen molar-refractivity contribution in [3.8, 4) is 0 Å². The van der Waals surface area contributed by atoms with E-state index in [0.717, 1.165) is 57.8 Å². The third kappa shape index (κ3) is 5.74. The molecule has 1 amide bonds. The first-order valence-electron chi connectivity index (χ1n) is 10.5. The molecule has 0 saturated carbocycles. The number of nitrogens with zero attached hydrogens (tertiary/aromatic N) is 2. The van der Waals surface area contributed by atoms with Gasteiger partial charge in [-0.15, -0.1) is 0 Å². The van der Waals surface area contributed by atoms with Crippen LogP contribution in [0.4, 0.5) is 4.79 Å². The smallest absolute Gasteiger partial charge is 0.410 e. The van der Waals surface area contributed by atoms with Gasteiger partial charge in [0.1, 0.15) is 5.60 Å². The number of carbonyl (C=O) groups is 1. The number of piperidine rings is 1. The first-order valence-corrected chi connectivity index (χ1v) is 10.5. The molecule has 0 aromatic heterocycles. The Labute approximate surface area is 163 Å². The molecular weight excluding hydrogens is 344 g/mol. The van der Waals surface area contributed by atoms with Gasteiger partial charge in [-0.2, -0.15) is 0 Å². The maximum atomic E-state index is 12.3. The molecule has 7 nitrogen and oxygen atoms in total. The third-order valence-corrected chi connectivity index (χ3v) is 5.45. The van der Waals surface area contributed by atoms with E-state index < -0.39 is 5.60 Å². The SMILES string of the molecule is CCNC(=NCC1CCCN(C(=O)OC(C)(C)C)C1)NC1CC2CCC1O2. The molecule has 3 fully saturated rings. The normalized spacial score (nSPS) is 31.1. The monoisotopic (exact) mass is 380 g/mol. The van der Waals surface area contributed by atoms with Crippen LogP contribution in [0.1, 0.15) is 59.8 Å². The van der Waals surface area contributed by atoms with Crippen molar-refractivity contribution in [2.75, 3.05) is 26.2 Å². The molecule has 0 aromatic carbocycles. The van der Waals surface area contributed by atoms with Crippen LogP contribution in [0.25, 0.3) is 0 Å². The van der Waals surface area contributed by atoms with Crippen LogP contribution < -0.4 is 10.6 Å². The van der Waals surface area contributed by atoms with Crippen molar-refractivity contribution in [2.45, 2.75) is 83.6 Å². The van der Waals surface area contributed by atoms with E-state index in [2.05, 4.69) is 17.6 Å². The Morgan fingerprint density at radius 3 is 2.74 bits per heavy atom. The third-order valence-electron chi connectivity index (χ3n) is 5.45. The van der Waals surface area contributed by atoms with Gasteiger partial charge >= 0.3 is 6.09 Å². The van der Waals surface area contributed by atoms with Gasteiger partial charge in [0.15, 0.2) is 5.96 Å². The van der Waals surface area contributed by atoms with Crippen LogP contribution in [0.2, 0.25) is 0 Å². The molecule has 0 aliphatic carbocycles. The predicted molar refractivity (Wildman–Crippen MR) is 106 cm³/mol. The molecule has 3 saturated heterocycles. The Balaban J connectivity index is 1.51. The van der Waals surface area contributed by atoms with E-state index >= 15 is 0 Å². The predicted octanol–water partition coefficient (Wildman–Crippen LogP) is 2.51. The van der Waals surface area contributed by atoms with Crippen molar-refractivity contribution in [1.82, 2.24) is 15.5 Å². The summed E-state index contributed by atoms with van der Waals surface area (Å²) < 4.78 is 11.5. The zero-order valence-electron chi connectivity index (χ0n) is 17.3. The summed E-state index contributed by atoms with van der Waals surface area (Å²) in [5.41, 5.74) is -0.451. The highest BCUT2D eigenvalue weighted by atomic mass is 16.6. The number of likely N-dealkylation sites (tertiary alicyclic amines) is 1. The first-order chi connectivity index (χ1) is 12.8. The molecule has 27 heavy (non-hydrogen) atoms. The number of aliphatic imine (C=N–C) groups is 1. The maximum absolute atomic E-state index is 12.3. The quantitative estimate of drug-likeness (QED) is 0.579. The summed E-state index contributed by atoms with van der Waals surface area (Å²) in [7, 11) is 0. The van der Waals surface area contributed by atoms with E-state index in [1.165, 1.54) is 6.42 Å². The molecule has 0 aromatic rings. The zero-order valence-corrected chi connectivity index (χ0v) is 17.3. The van der Waals surface area contributed by atoms with Crippen LogP contribution in [0, 0.1) is 5.92 Å². The van der Waals surface area contributed by atoms with Gasteiger partial charge in [-0.05, 0) is 65.7 Å². The highest BCUT2D eigenvalue weighted by molar-refractivity contribution is 5.80. The van der Waals surface area contributed by atoms with Crippen LogP contribution in [0.5, 0.6) is 0 Å². The molecule has 4 atom stereocenters. The summed E-state index contributed by atoms with van der Waals surface area (Å²) in [5.74, 6) is 1.24. The van der Waals surface area contributed by atoms with Crippen molar-refractivity contribution in [3.05, 3.63) is 0 Å². The van der Waals surface area contributed by atoms with Crippen molar-refractivity contribution >= 4 is 12.1 Å². The Morgan fingerprint density at radius 1 is 1.30 bits per heavy atom. The van der Waals surface area contributed by atoms with Gasteiger partial charge in [0.05, 0.1) is 18.2 Å². The van der Waals surface area contributed by atoms with E-state index in [1.54, 1.807) is 0 Å². The van der Waals surface area contributed by atoms with Crippen LogP contribution in [-0.2, 0) is 9.47 Å². The molecule has 2 N–H and O–H groups in total. The molecule has 3 heterocycles. The van der Waals surface area contributed by atoms with Gasteiger partial charge in [-0.1, -0.05) is 0 Å². The lowest BCUT2D eigenvalue weighted by Gasteiger charge is -2.33. The summed E-state index contributed by atoms with van der Waals surface area (Å²) >= 11 is 0. The zero-order chi connectivity index (χ0) is 19.4. The molecular formula is C20H36N4O3. The van der Waals surface area contributed by atoms with E-state index in [4.69, 9.17) is 14.5 Å². The van der Waals surface area contributed by atoms with Crippen molar-refractivity contribution in [1.29, 1.82) is 0 Å². The van der Waals surface area contributed by atoms with Crippen LogP contribution in [-0.4, -0.2) is 67.0 Å². The van der Waals surface area contributed by atoms with Crippen molar-refractivity contribution in [3.63, 3.8) is 0 Å². The van der Waals surface area contributed by atoms with Crippen LogP contribution >= 0.6 is 0 Å². The second-order valence-corrected chi connectivity index (χ2v) is 9.01. The minimum absolute atomic E-state index is 0.208. The second kappa shape index (κ2) is 8.67. The molecule has 2 bridgehead atoms. The summed E-state index contributed by atoms with van der Waals surface area (Å²) in [5, 5.41) is 6.91. The van der Waals surface area contributed by atoms with E-state index in [9.17, 15) is 4.79 Å². The number of nitrogens with one attached hydrogen (secondary N) is 2. The minimum atomic E-state index is -0.451. The van der Waals surface area contributed by atoms with Gasteiger partial charge in [-0.3, -0.25) is 4.99 Å². The molecule has 3 rings (SSSR count). The molecule has 0 radical (unpaired) electrons. The Bertz CT molecular complexity index is 546. The summed E-state index contributed by atoms with van der Waals surface area (Å²) in [6.45, 7) is 10.8. The molecule has 3 aliphatic heterocycles. The lowest BCUT2D eigenvalue weighted by Crippen LogP contribution is -2.48. The van der Waals surface area contributed by atoms with Crippen LogP contribution in [0.3, 0.4) is 0 Å². The topological polar surface area (TPSA) is 75.2 Å². The molecule has 3 aliphatic rings.